The molecule has 0 unspecified atom stereocenters. The van der Waals surface area contributed by atoms with Gasteiger partial charge in [0.25, 0.3) is 11.8 Å². The molecule has 0 spiro atoms. The van der Waals surface area contributed by atoms with Crippen molar-refractivity contribution in [2.75, 3.05) is 20.2 Å². The first-order valence-corrected chi connectivity index (χ1v) is 14.5. The van der Waals surface area contributed by atoms with Crippen LogP contribution in [0.3, 0.4) is 0 Å². The van der Waals surface area contributed by atoms with E-state index in [0.717, 1.165) is 21.9 Å². The van der Waals surface area contributed by atoms with Gasteiger partial charge in [-0.15, -0.1) is 0 Å². The van der Waals surface area contributed by atoms with Crippen molar-refractivity contribution in [3.05, 3.63) is 138 Å². The van der Waals surface area contributed by atoms with Crippen LogP contribution in [-0.2, 0) is 17.8 Å². The molecule has 0 aromatic heterocycles. The summed E-state index contributed by atoms with van der Waals surface area (Å²) in [5.41, 5.74) is 4.06. The number of benzene rings is 5. The fourth-order valence-electron chi connectivity index (χ4n) is 5.35. The van der Waals surface area contributed by atoms with Gasteiger partial charge in [0.1, 0.15) is 5.75 Å². The van der Waals surface area contributed by atoms with Gasteiger partial charge in [-0.25, -0.2) is 0 Å². The summed E-state index contributed by atoms with van der Waals surface area (Å²) >= 11 is 0. The van der Waals surface area contributed by atoms with Crippen LogP contribution < -0.4 is 10.1 Å². The second kappa shape index (κ2) is 14.2. The van der Waals surface area contributed by atoms with Crippen LogP contribution in [0.25, 0.3) is 21.9 Å². The smallest absolute Gasteiger partial charge is 0.305 e. The molecule has 0 saturated heterocycles. The maximum atomic E-state index is 14.0. The van der Waals surface area contributed by atoms with E-state index in [4.69, 9.17) is 4.74 Å². The van der Waals surface area contributed by atoms with Gasteiger partial charge in [-0.3, -0.25) is 14.4 Å². The van der Waals surface area contributed by atoms with E-state index in [0.29, 0.717) is 47.5 Å². The predicted molar refractivity (Wildman–Crippen MR) is 172 cm³/mol. The average molecular weight is 587 g/mol. The molecule has 7 heteroatoms. The van der Waals surface area contributed by atoms with Gasteiger partial charge in [-0.1, -0.05) is 91.0 Å². The van der Waals surface area contributed by atoms with Crippen LogP contribution in [0.5, 0.6) is 5.75 Å². The second-order valence-electron chi connectivity index (χ2n) is 10.4. The van der Waals surface area contributed by atoms with Gasteiger partial charge in [0.2, 0.25) is 0 Å². The highest BCUT2D eigenvalue weighted by molar-refractivity contribution is 6.06. The zero-order chi connectivity index (χ0) is 30.9. The lowest BCUT2D eigenvalue weighted by atomic mass is 9.94. The summed E-state index contributed by atoms with van der Waals surface area (Å²) in [5, 5.41) is 14.6. The van der Waals surface area contributed by atoms with Gasteiger partial charge >= 0.3 is 5.97 Å². The van der Waals surface area contributed by atoms with Crippen LogP contribution in [-0.4, -0.2) is 48.0 Å². The van der Waals surface area contributed by atoms with E-state index >= 15 is 0 Å². The van der Waals surface area contributed by atoms with Crippen molar-refractivity contribution < 1.29 is 24.2 Å². The minimum Gasteiger partial charge on any atom is -0.497 e. The van der Waals surface area contributed by atoms with Crippen LogP contribution in [0.15, 0.2) is 115 Å². The third-order valence-electron chi connectivity index (χ3n) is 7.63. The molecule has 5 rings (SSSR count). The van der Waals surface area contributed by atoms with E-state index in [-0.39, 0.29) is 24.8 Å². The Labute approximate surface area is 256 Å². The number of methoxy groups -OCH3 is 1. The van der Waals surface area contributed by atoms with E-state index in [1.54, 1.807) is 36.3 Å². The first kappa shape index (κ1) is 30.0. The van der Waals surface area contributed by atoms with Crippen molar-refractivity contribution in [2.24, 2.45) is 0 Å². The van der Waals surface area contributed by atoms with Crippen molar-refractivity contribution in [1.82, 2.24) is 10.2 Å². The lowest BCUT2D eigenvalue weighted by molar-refractivity contribution is -0.137. The number of ether oxygens (including phenoxy) is 1. The molecule has 2 N–H and O–H groups in total. The molecule has 0 heterocycles. The Kier molecular flexibility index (Phi) is 9.67. The van der Waals surface area contributed by atoms with Crippen LogP contribution in [0.4, 0.5) is 0 Å². The monoisotopic (exact) mass is 586 g/mol. The van der Waals surface area contributed by atoms with Gasteiger partial charge in [0, 0.05) is 30.8 Å². The second-order valence-corrected chi connectivity index (χ2v) is 10.4. The molecule has 0 aliphatic heterocycles. The molecule has 0 aliphatic carbocycles. The molecular weight excluding hydrogens is 552 g/mol. The van der Waals surface area contributed by atoms with E-state index in [9.17, 15) is 19.5 Å². The van der Waals surface area contributed by atoms with Gasteiger partial charge in [0.15, 0.2) is 0 Å². The predicted octanol–water partition coefficient (Wildman–Crippen LogP) is 6.61. The van der Waals surface area contributed by atoms with Crippen LogP contribution in [0.1, 0.15) is 38.3 Å². The normalized spacial score (nSPS) is 10.8. The summed E-state index contributed by atoms with van der Waals surface area (Å²) < 4.78 is 5.32. The minimum absolute atomic E-state index is 0.0552. The highest BCUT2D eigenvalue weighted by Gasteiger charge is 2.22. The molecule has 5 aromatic carbocycles. The molecule has 0 saturated carbocycles. The zero-order valence-corrected chi connectivity index (χ0v) is 24.5. The van der Waals surface area contributed by atoms with Gasteiger partial charge in [-0.2, -0.15) is 0 Å². The number of amides is 2. The maximum absolute atomic E-state index is 14.0. The molecule has 44 heavy (non-hydrogen) atoms. The highest BCUT2D eigenvalue weighted by Crippen LogP contribution is 2.29. The molecule has 0 fully saturated rings. The zero-order valence-electron chi connectivity index (χ0n) is 24.5. The number of nitrogens with zero attached hydrogens (tertiary/aromatic N) is 1. The summed E-state index contributed by atoms with van der Waals surface area (Å²) in [6.07, 6.45) is 0.344. The van der Waals surface area contributed by atoms with Crippen molar-refractivity contribution in [3.8, 4) is 16.9 Å². The molecule has 0 atom stereocenters. The molecule has 7 nitrogen and oxygen atoms in total. The Morgan fingerprint density at radius 2 is 1.41 bits per heavy atom. The number of hydrogen-bond acceptors (Lipinski definition) is 4. The first-order valence-electron chi connectivity index (χ1n) is 14.5. The third-order valence-corrected chi connectivity index (χ3v) is 7.63. The van der Waals surface area contributed by atoms with E-state index in [1.165, 1.54) is 0 Å². The summed E-state index contributed by atoms with van der Waals surface area (Å²) in [6, 6.07) is 36.0. The topological polar surface area (TPSA) is 95.9 Å². The molecule has 222 valence electrons. The molecule has 5 aromatic rings. The molecule has 0 bridgehead atoms. The number of carboxylic acid groups (broad SMARTS) is 1. The number of fused-ring (bicyclic) bond motifs is 1. The lowest BCUT2D eigenvalue weighted by Gasteiger charge is -2.24. The van der Waals surface area contributed by atoms with Gasteiger partial charge in [0.05, 0.1) is 13.5 Å². The molecular formula is C37H34N2O5. The lowest BCUT2D eigenvalue weighted by Crippen LogP contribution is -2.35. The number of rotatable bonds is 12. The Hall–Kier alpha value is -5.43. The van der Waals surface area contributed by atoms with Crippen molar-refractivity contribution in [1.29, 1.82) is 0 Å². The minimum atomic E-state index is -0.981. The van der Waals surface area contributed by atoms with Gasteiger partial charge < -0.3 is 20.1 Å². The maximum Gasteiger partial charge on any atom is 0.305 e. The number of hydrogen-bond donors (Lipinski definition) is 2. The summed E-state index contributed by atoms with van der Waals surface area (Å²) in [5.74, 6) is -0.815. The first-order chi connectivity index (χ1) is 21.4. The Bertz CT molecular complexity index is 1790. The van der Waals surface area contributed by atoms with E-state index < -0.39 is 5.97 Å². The largest absolute Gasteiger partial charge is 0.497 e. The number of aliphatic carboxylic acids is 1. The fraction of sp³-hybridized carbons (Fsp3) is 0.162. The summed E-state index contributed by atoms with van der Waals surface area (Å²) in [6.45, 7) is 0.725. The van der Waals surface area contributed by atoms with Crippen LogP contribution in [0.2, 0.25) is 0 Å². The van der Waals surface area contributed by atoms with E-state index in [1.807, 2.05) is 91.0 Å². The number of carboxylic acids is 1. The highest BCUT2D eigenvalue weighted by atomic mass is 16.5. The standard InChI is InChI=1S/C37H34N2O5/c1-44-29-14-8-10-26(24-29)20-22-39(23-21-35(40)41)37(43)34-19-7-5-17-32(34)31-16-4-6-18-33(31)36(42)38-25-28-13-9-12-27-11-2-3-15-30(27)28/h2-19,24H,20-23,25H2,1H3,(H,38,42)(H,40,41). The van der Waals surface area contributed by atoms with Crippen LogP contribution >= 0.6 is 0 Å². The van der Waals surface area contributed by atoms with E-state index in [2.05, 4.69) is 5.32 Å². The third kappa shape index (κ3) is 7.13. The van der Waals surface area contributed by atoms with Crippen molar-refractivity contribution in [3.63, 3.8) is 0 Å². The summed E-state index contributed by atoms with van der Waals surface area (Å²) in [7, 11) is 1.60. The average Bonchev–Trinajstić information content (AvgIpc) is 3.07. The van der Waals surface area contributed by atoms with Gasteiger partial charge in [-0.05, 0) is 63.7 Å². The Balaban J connectivity index is 1.40. The van der Waals surface area contributed by atoms with Crippen molar-refractivity contribution in [2.45, 2.75) is 19.4 Å². The Morgan fingerprint density at radius 1 is 0.750 bits per heavy atom. The number of carbonyl (C=O) groups is 3. The summed E-state index contributed by atoms with van der Waals surface area (Å²) in [4.78, 5) is 40.6. The molecule has 0 radical (unpaired) electrons. The van der Waals surface area contributed by atoms with Crippen LogP contribution in [0, 0.1) is 0 Å². The Morgan fingerprint density at radius 3 is 2.18 bits per heavy atom. The quantitative estimate of drug-likeness (QED) is 0.172. The SMILES string of the molecule is COc1cccc(CCN(CCC(=O)O)C(=O)c2ccccc2-c2ccccc2C(=O)NCc2cccc3ccccc23)c1. The number of nitrogens with one attached hydrogen (secondary N) is 1. The number of carbonyl (C=O) groups excluding carboxylic acids is 2. The molecule has 0 aliphatic rings. The fourth-order valence-corrected chi connectivity index (χ4v) is 5.35. The molecule has 2 amide bonds. The van der Waals surface area contributed by atoms with Crippen molar-refractivity contribution >= 4 is 28.6 Å².